The average molecular weight is 361 g/mol. The number of ether oxygens (including phenoxy) is 3. The lowest BCUT2D eigenvalue weighted by molar-refractivity contribution is -0.133. The number of hydrogen-bond acceptors (Lipinski definition) is 6. The Morgan fingerprint density at radius 2 is 2.20 bits per heavy atom. The minimum absolute atomic E-state index is 0.116. The van der Waals surface area contributed by atoms with Gasteiger partial charge in [-0.15, -0.1) is 11.8 Å². The van der Waals surface area contributed by atoms with Gasteiger partial charge in [-0.3, -0.25) is 4.79 Å². The van der Waals surface area contributed by atoms with Crippen molar-refractivity contribution >= 4 is 17.7 Å². The van der Waals surface area contributed by atoms with Gasteiger partial charge in [0.05, 0.1) is 13.7 Å². The molecule has 0 spiro atoms. The molecule has 1 fully saturated rings. The molecule has 1 atom stereocenters. The number of thioether (sulfide) groups is 1. The first-order valence-electron chi connectivity index (χ1n) is 8.09. The Morgan fingerprint density at radius 3 is 2.96 bits per heavy atom. The number of methoxy groups -OCH3 is 1. The summed E-state index contributed by atoms with van der Waals surface area (Å²) in [5.74, 6) is 4.42. The smallest absolute Gasteiger partial charge is 0.231 e. The van der Waals surface area contributed by atoms with Crippen LogP contribution in [0.25, 0.3) is 0 Å². The summed E-state index contributed by atoms with van der Waals surface area (Å²) in [6.45, 7) is 2.53. The fourth-order valence-electron chi connectivity index (χ4n) is 3.10. The van der Waals surface area contributed by atoms with Gasteiger partial charge in [0.1, 0.15) is 16.9 Å². The molecule has 2 aromatic rings. The Kier molecular flexibility index (Phi) is 4.25. The SMILES string of the molecule is COc1cc(C2SCCC(=O)N2Cc2ccc(C)o2)cc2c1OCO2. The highest BCUT2D eigenvalue weighted by Gasteiger charge is 2.33. The Balaban J connectivity index is 1.68. The van der Waals surface area contributed by atoms with Crippen molar-refractivity contribution in [1.29, 1.82) is 0 Å². The zero-order valence-corrected chi connectivity index (χ0v) is 14.9. The van der Waals surface area contributed by atoms with Gasteiger partial charge in [0.15, 0.2) is 11.5 Å². The molecule has 1 aromatic carbocycles. The summed E-state index contributed by atoms with van der Waals surface area (Å²) < 4.78 is 22.1. The third-order valence-electron chi connectivity index (χ3n) is 4.28. The molecule has 7 heteroatoms. The second-order valence-corrected chi connectivity index (χ2v) is 7.15. The maximum Gasteiger partial charge on any atom is 0.231 e. The predicted octanol–water partition coefficient (Wildman–Crippen LogP) is 3.49. The van der Waals surface area contributed by atoms with Crippen LogP contribution in [0.3, 0.4) is 0 Å². The largest absolute Gasteiger partial charge is 0.493 e. The number of nitrogens with zero attached hydrogens (tertiary/aromatic N) is 1. The van der Waals surface area contributed by atoms with Crippen LogP contribution >= 0.6 is 11.8 Å². The van der Waals surface area contributed by atoms with Gasteiger partial charge in [0.25, 0.3) is 0 Å². The van der Waals surface area contributed by atoms with E-state index < -0.39 is 0 Å². The third-order valence-corrected chi connectivity index (χ3v) is 5.57. The molecule has 1 unspecified atom stereocenters. The van der Waals surface area contributed by atoms with E-state index in [0.717, 1.165) is 22.8 Å². The van der Waals surface area contributed by atoms with Crippen molar-refractivity contribution in [3.05, 3.63) is 41.3 Å². The molecule has 6 nitrogen and oxygen atoms in total. The van der Waals surface area contributed by atoms with Crippen LogP contribution < -0.4 is 14.2 Å². The molecule has 1 aromatic heterocycles. The molecule has 1 amide bonds. The summed E-state index contributed by atoms with van der Waals surface area (Å²) in [5, 5.41) is -0.116. The number of carbonyl (C=O) groups excluding carboxylic acids is 1. The van der Waals surface area contributed by atoms with Crippen LogP contribution in [0.1, 0.15) is 28.9 Å². The van der Waals surface area contributed by atoms with Gasteiger partial charge in [0.2, 0.25) is 18.4 Å². The summed E-state index contributed by atoms with van der Waals surface area (Å²) in [7, 11) is 1.60. The summed E-state index contributed by atoms with van der Waals surface area (Å²) in [4.78, 5) is 14.4. The van der Waals surface area contributed by atoms with Crippen molar-refractivity contribution in [3.63, 3.8) is 0 Å². The van der Waals surface area contributed by atoms with Crippen molar-refractivity contribution in [3.8, 4) is 17.2 Å². The fraction of sp³-hybridized carbons (Fsp3) is 0.389. The molecular weight excluding hydrogens is 342 g/mol. The molecule has 0 N–H and O–H groups in total. The molecule has 0 radical (unpaired) electrons. The predicted molar refractivity (Wildman–Crippen MR) is 92.9 cm³/mol. The molecule has 132 valence electrons. The van der Waals surface area contributed by atoms with Crippen molar-refractivity contribution in [2.24, 2.45) is 0 Å². The lowest BCUT2D eigenvalue weighted by atomic mass is 10.1. The second-order valence-electron chi connectivity index (χ2n) is 5.96. The Labute approximate surface area is 150 Å². The number of rotatable bonds is 4. The number of furan rings is 1. The molecule has 0 bridgehead atoms. The maximum absolute atomic E-state index is 12.6. The topological polar surface area (TPSA) is 61.1 Å². The highest BCUT2D eigenvalue weighted by atomic mass is 32.2. The summed E-state index contributed by atoms with van der Waals surface area (Å²) in [6, 6.07) is 7.68. The Bertz CT molecular complexity index is 803. The highest BCUT2D eigenvalue weighted by molar-refractivity contribution is 7.99. The van der Waals surface area contributed by atoms with E-state index in [1.165, 1.54) is 0 Å². The zero-order chi connectivity index (χ0) is 17.4. The van der Waals surface area contributed by atoms with E-state index in [2.05, 4.69) is 0 Å². The van der Waals surface area contributed by atoms with E-state index in [-0.39, 0.29) is 18.1 Å². The molecule has 1 saturated heterocycles. The minimum Gasteiger partial charge on any atom is -0.493 e. The first-order chi connectivity index (χ1) is 12.2. The number of carbonyl (C=O) groups is 1. The van der Waals surface area contributed by atoms with Crippen LogP contribution in [-0.2, 0) is 11.3 Å². The van der Waals surface area contributed by atoms with Gasteiger partial charge in [-0.2, -0.15) is 0 Å². The van der Waals surface area contributed by atoms with Crippen LogP contribution in [-0.4, -0.2) is 30.5 Å². The lowest BCUT2D eigenvalue weighted by Crippen LogP contribution is -2.36. The van der Waals surface area contributed by atoms with E-state index >= 15 is 0 Å². The number of hydrogen-bond donors (Lipinski definition) is 0. The van der Waals surface area contributed by atoms with E-state index in [9.17, 15) is 4.79 Å². The molecule has 2 aliphatic heterocycles. The van der Waals surface area contributed by atoms with Gasteiger partial charge in [0, 0.05) is 12.2 Å². The molecule has 3 heterocycles. The minimum atomic E-state index is -0.116. The zero-order valence-electron chi connectivity index (χ0n) is 14.1. The lowest BCUT2D eigenvalue weighted by Gasteiger charge is -2.35. The van der Waals surface area contributed by atoms with Crippen LogP contribution in [0.15, 0.2) is 28.7 Å². The van der Waals surface area contributed by atoms with Gasteiger partial charge >= 0.3 is 0 Å². The average Bonchev–Trinajstić information content (AvgIpc) is 3.24. The third kappa shape index (κ3) is 3.04. The molecule has 25 heavy (non-hydrogen) atoms. The molecule has 4 rings (SSSR count). The van der Waals surface area contributed by atoms with Crippen LogP contribution in [0.2, 0.25) is 0 Å². The van der Waals surface area contributed by atoms with Gasteiger partial charge in [-0.1, -0.05) is 0 Å². The number of amides is 1. The first-order valence-corrected chi connectivity index (χ1v) is 9.14. The van der Waals surface area contributed by atoms with Crippen molar-refractivity contribution < 1.29 is 23.4 Å². The van der Waals surface area contributed by atoms with Crippen LogP contribution in [0, 0.1) is 6.92 Å². The second kappa shape index (κ2) is 6.55. The van der Waals surface area contributed by atoms with E-state index in [1.54, 1.807) is 18.9 Å². The Morgan fingerprint density at radius 1 is 1.32 bits per heavy atom. The quantitative estimate of drug-likeness (QED) is 0.831. The maximum atomic E-state index is 12.6. The van der Waals surface area contributed by atoms with E-state index in [0.29, 0.717) is 30.2 Å². The monoisotopic (exact) mass is 361 g/mol. The van der Waals surface area contributed by atoms with Crippen molar-refractivity contribution in [2.75, 3.05) is 19.7 Å². The highest BCUT2D eigenvalue weighted by Crippen LogP contribution is 2.47. The summed E-state index contributed by atoms with van der Waals surface area (Å²) >= 11 is 1.73. The van der Waals surface area contributed by atoms with E-state index in [4.69, 9.17) is 18.6 Å². The Hall–Kier alpha value is -2.28. The standard InChI is InChI=1S/C18H19NO5S/c1-11-3-4-13(24-11)9-19-16(20)5-6-25-18(19)12-7-14(21-2)17-15(8-12)22-10-23-17/h3-4,7-8,18H,5-6,9-10H2,1-2H3. The van der Waals surface area contributed by atoms with Crippen LogP contribution in [0.5, 0.6) is 17.2 Å². The van der Waals surface area contributed by atoms with Crippen LogP contribution in [0.4, 0.5) is 0 Å². The van der Waals surface area contributed by atoms with Gasteiger partial charge in [-0.05, 0) is 36.8 Å². The molecular formula is C18H19NO5S. The summed E-state index contributed by atoms with van der Waals surface area (Å²) in [5.41, 5.74) is 0.961. The van der Waals surface area contributed by atoms with Gasteiger partial charge < -0.3 is 23.5 Å². The number of fused-ring (bicyclic) bond motifs is 1. The van der Waals surface area contributed by atoms with E-state index in [1.807, 2.05) is 36.1 Å². The molecule has 0 aliphatic carbocycles. The molecule has 2 aliphatic rings. The first kappa shape index (κ1) is 16.2. The summed E-state index contributed by atoms with van der Waals surface area (Å²) in [6.07, 6.45) is 0.530. The number of aryl methyl sites for hydroxylation is 1. The number of benzene rings is 1. The normalized spacial score (nSPS) is 19.4. The van der Waals surface area contributed by atoms with Crippen molar-refractivity contribution in [2.45, 2.75) is 25.3 Å². The van der Waals surface area contributed by atoms with Gasteiger partial charge in [-0.25, -0.2) is 0 Å². The molecule has 0 saturated carbocycles. The van der Waals surface area contributed by atoms with Crippen molar-refractivity contribution in [1.82, 2.24) is 4.90 Å². The fourth-order valence-corrected chi connectivity index (χ4v) is 4.32.